The number of benzene rings is 1. The summed E-state index contributed by atoms with van der Waals surface area (Å²) < 4.78 is 0. The fourth-order valence-corrected chi connectivity index (χ4v) is 5.59. The van der Waals surface area contributed by atoms with Gasteiger partial charge in [0.15, 0.2) is 11.6 Å². The van der Waals surface area contributed by atoms with Crippen molar-refractivity contribution in [1.82, 2.24) is 4.90 Å². The maximum Gasteiger partial charge on any atom is 0.255 e. The van der Waals surface area contributed by atoms with Crippen LogP contribution in [0.4, 0.5) is 0 Å². The highest BCUT2D eigenvalue weighted by Crippen LogP contribution is 2.55. The number of carbonyl (C=O) groups is 3. The third kappa shape index (κ3) is 3.09. The molecule has 10 nitrogen and oxygen atoms in total. The lowest BCUT2D eigenvalue weighted by atomic mass is 9.54. The molecular weight excluding hydrogens is 456 g/mol. The number of amides is 1. The molecule has 1 saturated carbocycles. The summed E-state index contributed by atoms with van der Waals surface area (Å²) in [5.41, 5.74) is 2.13. The number of Topliss-reactive ketones (excluding diaryl/α,β-unsaturated/α-hetero) is 2. The van der Waals surface area contributed by atoms with Crippen LogP contribution in [0.15, 0.2) is 35.1 Å². The van der Waals surface area contributed by atoms with Crippen LogP contribution < -0.4 is 5.73 Å². The van der Waals surface area contributed by atoms with Crippen molar-refractivity contribution in [2.75, 3.05) is 14.1 Å². The molecule has 1 aromatic carbocycles. The van der Waals surface area contributed by atoms with Gasteiger partial charge in [-0.15, -0.1) is 12.4 Å². The van der Waals surface area contributed by atoms with Crippen molar-refractivity contribution >= 4 is 35.6 Å². The van der Waals surface area contributed by atoms with Gasteiger partial charge >= 0.3 is 0 Å². The van der Waals surface area contributed by atoms with E-state index in [1.54, 1.807) is 0 Å². The Kier molecular flexibility index (Phi) is 5.87. The van der Waals surface area contributed by atoms with Gasteiger partial charge in [-0.05, 0) is 32.6 Å². The number of halogens is 1. The largest absolute Gasteiger partial charge is 0.510 e. The highest BCUT2D eigenvalue weighted by Gasteiger charge is 2.63. The van der Waals surface area contributed by atoms with Gasteiger partial charge in [-0.1, -0.05) is 12.1 Å². The average molecular weight is 481 g/mol. The normalized spacial score (nSPS) is 33.3. The van der Waals surface area contributed by atoms with Crippen LogP contribution in [0.25, 0.3) is 5.76 Å². The summed E-state index contributed by atoms with van der Waals surface area (Å²) in [5.74, 6) is -9.16. The molecule has 0 saturated heterocycles. The van der Waals surface area contributed by atoms with Gasteiger partial charge in [0.05, 0.1) is 35.1 Å². The predicted molar refractivity (Wildman–Crippen MR) is 117 cm³/mol. The number of aliphatic hydroxyl groups is 4. The zero-order chi connectivity index (χ0) is 23.9. The Morgan fingerprint density at radius 3 is 2.27 bits per heavy atom. The van der Waals surface area contributed by atoms with Crippen LogP contribution in [0, 0.1) is 17.8 Å². The third-order valence-corrected chi connectivity index (χ3v) is 6.90. The van der Waals surface area contributed by atoms with E-state index in [0.717, 1.165) is 0 Å². The lowest BCUT2D eigenvalue weighted by Crippen LogP contribution is -2.63. The fraction of sp³-hybridized carbons (Fsp3) is 0.409. The number of rotatable bonds is 2. The van der Waals surface area contributed by atoms with E-state index in [4.69, 9.17) is 5.73 Å². The van der Waals surface area contributed by atoms with Gasteiger partial charge in [-0.2, -0.15) is 0 Å². The number of primary amides is 1. The Balaban J connectivity index is 0.00000306. The first kappa shape index (κ1) is 24.7. The molecule has 0 spiro atoms. The molecule has 0 radical (unpaired) electrons. The lowest BCUT2D eigenvalue weighted by molar-refractivity contribution is -0.153. The number of phenols is 1. The summed E-state index contributed by atoms with van der Waals surface area (Å²) >= 11 is 0. The second-order valence-electron chi connectivity index (χ2n) is 8.89. The van der Waals surface area contributed by atoms with E-state index in [-0.39, 0.29) is 23.5 Å². The van der Waals surface area contributed by atoms with Crippen LogP contribution in [0.5, 0.6) is 5.75 Å². The molecule has 1 amide bonds. The second kappa shape index (κ2) is 7.84. The van der Waals surface area contributed by atoms with E-state index in [9.17, 15) is 39.9 Å². The molecule has 11 heteroatoms. The molecule has 0 aromatic heterocycles. The summed E-state index contributed by atoms with van der Waals surface area (Å²) in [6.45, 7) is 1.33. The Morgan fingerprint density at radius 1 is 1.12 bits per heavy atom. The van der Waals surface area contributed by atoms with Crippen molar-refractivity contribution in [2.24, 2.45) is 23.5 Å². The third-order valence-electron chi connectivity index (χ3n) is 6.90. The quantitative estimate of drug-likeness (QED) is 0.249. The molecule has 33 heavy (non-hydrogen) atoms. The van der Waals surface area contributed by atoms with E-state index < -0.39 is 81.4 Å². The lowest BCUT2D eigenvalue weighted by Gasteiger charge is -2.52. The summed E-state index contributed by atoms with van der Waals surface area (Å²) in [4.78, 5) is 40.1. The summed E-state index contributed by atoms with van der Waals surface area (Å²) in [5, 5.41) is 54.7. The maximum absolute atomic E-state index is 13.6. The summed E-state index contributed by atoms with van der Waals surface area (Å²) in [6, 6.07) is 3.02. The molecule has 1 unspecified atom stereocenters. The Hall–Kier alpha value is -2.92. The zero-order valence-corrected chi connectivity index (χ0v) is 18.8. The molecular formula is C22H25ClN2O8. The maximum atomic E-state index is 13.6. The molecule has 3 aliphatic rings. The number of ketones is 2. The van der Waals surface area contributed by atoms with E-state index >= 15 is 0 Å². The molecule has 7 N–H and O–H groups in total. The van der Waals surface area contributed by atoms with Gasteiger partial charge in [0.2, 0.25) is 0 Å². The van der Waals surface area contributed by atoms with Gasteiger partial charge in [-0.25, -0.2) is 0 Å². The fourth-order valence-electron chi connectivity index (χ4n) is 5.59. The van der Waals surface area contributed by atoms with Crippen LogP contribution >= 0.6 is 12.4 Å². The van der Waals surface area contributed by atoms with Crippen molar-refractivity contribution in [1.29, 1.82) is 0 Å². The zero-order valence-electron chi connectivity index (χ0n) is 18.0. The van der Waals surface area contributed by atoms with Crippen LogP contribution in [0.1, 0.15) is 18.1 Å². The van der Waals surface area contributed by atoms with Gasteiger partial charge in [0.25, 0.3) is 5.91 Å². The molecule has 1 aromatic rings. The van der Waals surface area contributed by atoms with Crippen molar-refractivity contribution in [3.05, 3.63) is 46.2 Å². The number of fused-ring (bicyclic) bond motifs is 3. The molecule has 1 fully saturated rings. The van der Waals surface area contributed by atoms with Crippen LogP contribution in [-0.2, 0) is 20.0 Å². The number of aliphatic hydroxyl groups excluding tert-OH is 3. The van der Waals surface area contributed by atoms with E-state index in [1.807, 2.05) is 0 Å². The predicted octanol–water partition coefficient (Wildman–Crippen LogP) is -0.0933. The first-order chi connectivity index (χ1) is 14.8. The highest BCUT2D eigenvalue weighted by atomic mass is 35.5. The van der Waals surface area contributed by atoms with Gasteiger partial charge in [0, 0.05) is 11.5 Å². The minimum atomic E-state index is -1.92. The first-order valence-electron chi connectivity index (χ1n) is 9.98. The van der Waals surface area contributed by atoms with Gasteiger partial charge in [-0.3, -0.25) is 19.3 Å². The highest BCUT2D eigenvalue weighted by molar-refractivity contribution is 6.28. The van der Waals surface area contributed by atoms with Crippen molar-refractivity contribution in [3.63, 3.8) is 0 Å². The molecule has 4 rings (SSSR count). The molecule has 3 aliphatic carbocycles. The molecule has 0 aliphatic heterocycles. The van der Waals surface area contributed by atoms with Crippen molar-refractivity contribution < 1.29 is 39.9 Å². The second-order valence-corrected chi connectivity index (χ2v) is 8.89. The Bertz CT molecular complexity index is 1140. The number of carbonyl (C=O) groups excluding carboxylic acids is 3. The van der Waals surface area contributed by atoms with Crippen LogP contribution in [-0.4, -0.2) is 74.1 Å². The summed E-state index contributed by atoms with van der Waals surface area (Å²) in [6.07, 6.45) is -1.59. The Labute approximate surface area is 195 Å². The molecule has 0 bridgehead atoms. The smallest absolute Gasteiger partial charge is 0.255 e. The first-order valence-corrected chi connectivity index (χ1v) is 9.98. The molecule has 0 heterocycles. The minimum absolute atomic E-state index is 0. The summed E-state index contributed by atoms with van der Waals surface area (Å²) in [7, 11) is 3.05. The van der Waals surface area contributed by atoms with Crippen LogP contribution in [0.2, 0.25) is 0 Å². The number of hydrogen-bond acceptors (Lipinski definition) is 9. The number of likely N-dealkylation sites (N-methyl/N-ethyl adjacent to an activating group) is 1. The van der Waals surface area contributed by atoms with Crippen molar-refractivity contribution in [2.45, 2.75) is 24.7 Å². The minimum Gasteiger partial charge on any atom is -0.510 e. The number of hydrogen-bond donors (Lipinski definition) is 6. The number of nitrogens with zero attached hydrogens (tertiary/aromatic N) is 1. The molecule has 6 atom stereocenters. The Morgan fingerprint density at radius 2 is 1.73 bits per heavy atom. The molecule has 178 valence electrons. The standard InChI is InChI=1S/C22H24N2O8.ClH/c1-22(32)7-5-4-6-8(25)9(7)16(26)12-14(22)19(29)10-11(17(12)27)18(28)13(21(23)31)20(30)15(10)24(2)3;/h4-6,10-11,14-15,19,25-26,29-30,32H,1-3H3,(H2,23,31);1H/t10-,11?,14-,15+,19-,22-;/m1./s1. The number of phenolic OH excluding ortho intramolecular Hbond substituents is 1. The van der Waals surface area contributed by atoms with Gasteiger partial charge in [0.1, 0.15) is 22.8 Å². The van der Waals surface area contributed by atoms with Crippen molar-refractivity contribution in [3.8, 4) is 5.75 Å². The number of aromatic hydroxyl groups is 1. The van der Waals surface area contributed by atoms with Gasteiger partial charge < -0.3 is 31.3 Å². The van der Waals surface area contributed by atoms with E-state index in [0.29, 0.717) is 0 Å². The SMILES string of the molecule is CN(C)[C@@H]1C(O)=C(C(N)=O)C(=O)C2C(=O)C3=C(O)c4c(O)cccc4[C@@](C)(O)[C@H]3[C@H](O)[C@H]21.Cl. The monoisotopic (exact) mass is 480 g/mol. The van der Waals surface area contributed by atoms with Crippen LogP contribution in [0.3, 0.4) is 0 Å². The van der Waals surface area contributed by atoms with E-state index in [2.05, 4.69) is 0 Å². The average Bonchev–Trinajstić information content (AvgIpc) is 2.67. The topological polar surface area (TPSA) is 182 Å². The van der Waals surface area contributed by atoms with E-state index in [1.165, 1.54) is 44.1 Å². The number of nitrogens with two attached hydrogens (primary N) is 1.